The molecule has 0 aliphatic carbocycles. The summed E-state index contributed by atoms with van der Waals surface area (Å²) in [5, 5.41) is 3.49. The monoisotopic (exact) mass is 236 g/mol. The first kappa shape index (κ1) is 13.7. The lowest BCUT2D eigenvalue weighted by Crippen LogP contribution is -2.21. The van der Waals surface area contributed by atoms with Crippen molar-refractivity contribution in [2.45, 2.75) is 58.9 Å². The van der Waals surface area contributed by atoms with E-state index in [1.165, 1.54) is 12.7 Å². The lowest BCUT2D eigenvalue weighted by atomic mass is 10.0. The van der Waals surface area contributed by atoms with Crippen LogP contribution in [0.5, 0.6) is 0 Å². The molecule has 0 saturated carbocycles. The normalized spacial score (nSPS) is 12.8. The van der Waals surface area contributed by atoms with Crippen molar-refractivity contribution in [1.82, 2.24) is 9.97 Å². The van der Waals surface area contributed by atoms with Crippen LogP contribution < -0.4 is 11.1 Å². The number of nitrogen functional groups attached to an aromatic ring is 1. The molecule has 1 aromatic heterocycles. The van der Waals surface area contributed by atoms with Crippen LogP contribution in [0.3, 0.4) is 0 Å². The Morgan fingerprint density at radius 2 is 2.00 bits per heavy atom. The maximum Gasteiger partial charge on any atom is 0.135 e. The highest BCUT2D eigenvalue weighted by atomic mass is 15.1. The number of rotatable bonds is 6. The SMILES string of the molecule is CCCC(CC)Nc1ncnc(N)c1C(C)C. The zero-order chi connectivity index (χ0) is 12.8. The smallest absolute Gasteiger partial charge is 0.135 e. The fraction of sp³-hybridized carbons (Fsp3) is 0.692. The van der Waals surface area contributed by atoms with E-state index in [1.54, 1.807) is 0 Å². The van der Waals surface area contributed by atoms with Crippen molar-refractivity contribution in [3.05, 3.63) is 11.9 Å². The summed E-state index contributed by atoms with van der Waals surface area (Å²) in [5.41, 5.74) is 6.95. The van der Waals surface area contributed by atoms with Gasteiger partial charge in [-0.15, -0.1) is 0 Å². The molecule has 0 fully saturated rings. The van der Waals surface area contributed by atoms with Gasteiger partial charge in [0.15, 0.2) is 0 Å². The Hall–Kier alpha value is -1.32. The van der Waals surface area contributed by atoms with Crippen LogP contribution in [0.25, 0.3) is 0 Å². The summed E-state index contributed by atoms with van der Waals surface area (Å²) < 4.78 is 0. The van der Waals surface area contributed by atoms with Gasteiger partial charge < -0.3 is 11.1 Å². The lowest BCUT2D eigenvalue weighted by Gasteiger charge is -2.20. The maximum atomic E-state index is 5.92. The summed E-state index contributed by atoms with van der Waals surface area (Å²) in [7, 11) is 0. The molecule has 0 spiro atoms. The third kappa shape index (κ3) is 3.58. The predicted octanol–water partition coefficient (Wildman–Crippen LogP) is 3.17. The molecule has 4 heteroatoms. The van der Waals surface area contributed by atoms with Crippen LogP contribution in [0.15, 0.2) is 6.33 Å². The first-order valence-electron chi connectivity index (χ1n) is 6.47. The predicted molar refractivity (Wildman–Crippen MR) is 73.1 cm³/mol. The van der Waals surface area contributed by atoms with Gasteiger partial charge in [-0.2, -0.15) is 0 Å². The largest absolute Gasteiger partial charge is 0.383 e. The van der Waals surface area contributed by atoms with E-state index < -0.39 is 0 Å². The number of nitrogens with zero attached hydrogens (tertiary/aromatic N) is 2. The third-order valence-corrected chi connectivity index (χ3v) is 2.96. The van der Waals surface area contributed by atoms with Crippen molar-refractivity contribution in [2.75, 3.05) is 11.1 Å². The van der Waals surface area contributed by atoms with E-state index in [0.29, 0.717) is 17.8 Å². The van der Waals surface area contributed by atoms with Gasteiger partial charge in [0.1, 0.15) is 18.0 Å². The molecule has 4 nitrogen and oxygen atoms in total. The molecule has 1 rings (SSSR count). The minimum absolute atomic E-state index is 0.331. The molecule has 0 radical (unpaired) electrons. The second-order valence-corrected chi connectivity index (χ2v) is 4.71. The summed E-state index contributed by atoms with van der Waals surface area (Å²) >= 11 is 0. The number of anilines is 2. The summed E-state index contributed by atoms with van der Waals surface area (Å²) in [6.07, 6.45) is 4.94. The molecule has 0 aliphatic rings. The number of nitrogens with one attached hydrogen (secondary N) is 1. The fourth-order valence-corrected chi connectivity index (χ4v) is 2.01. The van der Waals surface area contributed by atoms with Gasteiger partial charge in [-0.1, -0.05) is 34.1 Å². The maximum absolute atomic E-state index is 5.92. The average Bonchev–Trinajstić information content (AvgIpc) is 2.28. The lowest BCUT2D eigenvalue weighted by molar-refractivity contribution is 0.618. The summed E-state index contributed by atoms with van der Waals surface area (Å²) in [4.78, 5) is 8.40. The topological polar surface area (TPSA) is 63.8 Å². The van der Waals surface area contributed by atoms with Crippen LogP contribution in [0.4, 0.5) is 11.6 Å². The molecule has 0 amide bonds. The van der Waals surface area contributed by atoms with Gasteiger partial charge in [-0.3, -0.25) is 0 Å². The van der Waals surface area contributed by atoms with Crippen LogP contribution >= 0.6 is 0 Å². The Kier molecular flexibility index (Phi) is 5.19. The standard InChI is InChI=1S/C13H24N4/c1-5-7-10(6-2)17-13-11(9(3)4)12(14)15-8-16-13/h8-10H,5-7H2,1-4H3,(H3,14,15,16,17). The Bertz CT molecular complexity index is 349. The van der Waals surface area contributed by atoms with E-state index >= 15 is 0 Å². The van der Waals surface area contributed by atoms with Crippen LogP contribution in [-0.4, -0.2) is 16.0 Å². The van der Waals surface area contributed by atoms with Crippen molar-refractivity contribution in [3.63, 3.8) is 0 Å². The van der Waals surface area contributed by atoms with Crippen molar-refractivity contribution in [2.24, 2.45) is 0 Å². The fourth-order valence-electron chi connectivity index (χ4n) is 2.01. The number of hydrogen-bond acceptors (Lipinski definition) is 4. The average molecular weight is 236 g/mol. The number of nitrogens with two attached hydrogens (primary N) is 1. The number of aromatic nitrogens is 2. The molecule has 1 aromatic rings. The van der Waals surface area contributed by atoms with Crippen LogP contribution in [0, 0.1) is 0 Å². The van der Waals surface area contributed by atoms with Gasteiger partial charge in [-0.25, -0.2) is 9.97 Å². The molecule has 3 N–H and O–H groups in total. The summed E-state index contributed by atoms with van der Waals surface area (Å²) in [5.74, 6) is 1.81. The van der Waals surface area contributed by atoms with Gasteiger partial charge in [0.25, 0.3) is 0 Å². The molecular formula is C13H24N4. The minimum Gasteiger partial charge on any atom is -0.383 e. The highest BCUT2D eigenvalue weighted by Gasteiger charge is 2.15. The molecule has 0 bridgehead atoms. The van der Waals surface area contributed by atoms with E-state index in [1.807, 2.05) is 0 Å². The molecular weight excluding hydrogens is 212 g/mol. The van der Waals surface area contributed by atoms with Crippen molar-refractivity contribution in [1.29, 1.82) is 0 Å². The Morgan fingerprint density at radius 1 is 1.29 bits per heavy atom. The molecule has 1 atom stereocenters. The Balaban J connectivity index is 2.93. The first-order valence-corrected chi connectivity index (χ1v) is 6.47. The van der Waals surface area contributed by atoms with E-state index in [2.05, 4.69) is 43.0 Å². The molecule has 17 heavy (non-hydrogen) atoms. The second kappa shape index (κ2) is 6.42. The molecule has 1 heterocycles. The molecule has 1 unspecified atom stereocenters. The zero-order valence-corrected chi connectivity index (χ0v) is 11.3. The van der Waals surface area contributed by atoms with Crippen molar-refractivity contribution >= 4 is 11.6 Å². The van der Waals surface area contributed by atoms with Gasteiger partial charge in [0, 0.05) is 11.6 Å². The second-order valence-electron chi connectivity index (χ2n) is 4.71. The van der Waals surface area contributed by atoms with E-state index in [0.717, 1.165) is 24.2 Å². The molecule has 0 aliphatic heterocycles. The van der Waals surface area contributed by atoms with E-state index in [9.17, 15) is 0 Å². The molecule has 96 valence electrons. The summed E-state index contributed by atoms with van der Waals surface area (Å²) in [6.45, 7) is 8.61. The third-order valence-electron chi connectivity index (χ3n) is 2.96. The first-order chi connectivity index (χ1) is 8.10. The summed E-state index contributed by atoms with van der Waals surface area (Å²) in [6, 6.07) is 0.465. The highest BCUT2D eigenvalue weighted by Crippen LogP contribution is 2.27. The number of hydrogen-bond donors (Lipinski definition) is 2. The van der Waals surface area contributed by atoms with Crippen molar-refractivity contribution in [3.8, 4) is 0 Å². The Morgan fingerprint density at radius 3 is 2.53 bits per heavy atom. The van der Waals surface area contributed by atoms with Gasteiger partial charge in [0.2, 0.25) is 0 Å². The van der Waals surface area contributed by atoms with Gasteiger partial charge >= 0.3 is 0 Å². The van der Waals surface area contributed by atoms with E-state index in [-0.39, 0.29) is 0 Å². The van der Waals surface area contributed by atoms with Crippen LogP contribution in [-0.2, 0) is 0 Å². The van der Waals surface area contributed by atoms with Gasteiger partial charge in [-0.05, 0) is 18.8 Å². The zero-order valence-electron chi connectivity index (χ0n) is 11.3. The minimum atomic E-state index is 0.331. The Labute approximate surface area is 104 Å². The van der Waals surface area contributed by atoms with Crippen LogP contribution in [0.1, 0.15) is 58.4 Å². The van der Waals surface area contributed by atoms with Crippen molar-refractivity contribution < 1.29 is 0 Å². The highest BCUT2D eigenvalue weighted by molar-refractivity contribution is 5.56. The quantitative estimate of drug-likeness (QED) is 0.796. The van der Waals surface area contributed by atoms with Crippen LogP contribution in [0.2, 0.25) is 0 Å². The molecule has 0 aromatic carbocycles. The van der Waals surface area contributed by atoms with E-state index in [4.69, 9.17) is 5.73 Å². The molecule has 0 saturated heterocycles. The van der Waals surface area contributed by atoms with Gasteiger partial charge in [0.05, 0.1) is 0 Å².